The van der Waals surface area contributed by atoms with Crippen molar-refractivity contribution in [3.63, 3.8) is 0 Å². The first-order valence-electron chi connectivity index (χ1n) is 4.68. The fourth-order valence-electron chi connectivity index (χ4n) is 1.53. The van der Waals surface area contributed by atoms with Crippen LogP contribution in [0.15, 0.2) is 30.7 Å². The van der Waals surface area contributed by atoms with Gasteiger partial charge in [0.15, 0.2) is 0 Å². The maximum atomic E-state index is 10.5. The van der Waals surface area contributed by atoms with Gasteiger partial charge in [-0.3, -0.25) is 9.67 Å². The van der Waals surface area contributed by atoms with Crippen molar-refractivity contribution in [1.82, 2.24) is 14.8 Å². The van der Waals surface area contributed by atoms with Crippen LogP contribution in [0.4, 0.5) is 0 Å². The molecule has 0 saturated carbocycles. The molecule has 0 fully saturated rings. The second-order valence-corrected chi connectivity index (χ2v) is 3.28. The molecule has 0 atom stereocenters. The van der Waals surface area contributed by atoms with E-state index in [2.05, 4.69) is 10.1 Å². The van der Waals surface area contributed by atoms with E-state index >= 15 is 0 Å². The van der Waals surface area contributed by atoms with Crippen molar-refractivity contribution in [2.24, 2.45) is 7.05 Å². The summed E-state index contributed by atoms with van der Waals surface area (Å²) >= 11 is 0. The van der Waals surface area contributed by atoms with E-state index in [1.54, 1.807) is 17.1 Å². The van der Waals surface area contributed by atoms with Crippen molar-refractivity contribution in [1.29, 1.82) is 0 Å². The van der Waals surface area contributed by atoms with Gasteiger partial charge in [0.05, 0.1) is 5.69 Å². The van der Waals surface area contributed by atoms with Crippen molar-refractivity contribution >= 4 is 6.29 Å². The summed E-state index contributed by atoms with van der Waals surface area (Å²) in [6, 6.07) is 3.77. The number of carbonyl (C=O) groups is 1. The van der Waals surface area contributed by atoms with E-state index in [0.29, 0.717) is 6.42 Å². The molecule has 2 aromatic heterocycles. The van der Waals surface area contributed by atoms with Gasteiger partial charge in [0.25, 0.3) is 0 Å². The molecular weight excluding hydrogens is 190 g/mol. The minimum atomic E-state index is 0.394. The van der Waals surface area contributed by atoms with E-state index in [4.69, 9.17) is 0 Å². The Labute approximate surface area is 87.6 Å². The van der Waals surface area contributed by atoms with Gasteiger partial charge in [-0.15, -0.1) is 0 Å². The topological polar surface area (TPSA) is 47.8 Å². The van der Waals surface area contributed by atoms with Crippen molar-refractivity contribution < 1.29 is 4.79 Å². The van der Waals surface area contributed by atoms with Crippen LogP contribution < -0.4 is 0 Å². The molecule has 2 aromatic rings. The van der Waals surface area contributed by atoms with Gasteiger partial charge in [-0.1, -0.05) is 0 Å². The SMILES string of the molecule is Cn1cc(CC=O)c(-c2ccncc2)n1. The minimum Gasteiger partial charge on any atom is -0.303 e. The quantitative estimate of drug-likeness (QED) is 0.701. The summed E-state index contributed by atoms with van der Waals surface area (Å²) in [6.07, 6.45) is 6.58. The van der Waals surface area contributed by atoms with Crippen LogP contribution in [0.1, 0.15) is 5.56 Å². The third-order valence-corrected chi connectivity index (χ3v) is 2.16. The monoisotopic (exact) mass is 201 g/mol. The van der Waals surface area contributed by atoms with E-state index in [9.17, 15) is 4.79 Å². The highest BCUT2D eigenvalue weighted by Crippen LogP contribution is 2.20. The van der Waals surface area contributed by atoms with Gasteiger partial charge < -0.3 is 4.79 Å². The van der Waals surface area contributed by atoms with Gasteiger partial charge in [0.2, 0.25) is 0 Å². The lowest BCUT2D eigenvalue weighted by molar-refractivity contribution is -0.107. The maximum Gasteiger partial charge on any atom is 0.124 e. The smallest absolute Gasteiger partial charge is 0.124 e. The molecule has 0 amide bonds. The number of aryl methyl sites for hydroxylation is 1. The molecule has 76 valence electrons. The molecular formula is C11H11N3O. The Kier molecular flexibility index (Phi) is 2.58. The predicted molar refractivity (Wildman–Crippen MR) is 56.2 cm³/mol. The Hall–Kier alpha value is -1.97. The molecule has 0 radical (unpaired) electrons. The van der Waals surface area contributed by atoms with Gasteiger partial charge in [0, 0.05) is 43.2 Å². The largest absolute Gasteiger partial charge is 0.303 e. The van der Waals surface area contributed by atoms with E-state index in [-0.39, 0.29) is 0 Å². The van der Waals surface area contributed by atoms with Gasteiger partial charge in [0.1, 0.15) is 6.29 Å². The number of aldehydes is 1. The standard InChI is InChI=1S/C11H11N3O/c1-14-8-10(4-7-15)11(13-14)9-2-5-12-6-3-9/h2-3,5-8H,4H2,1H3. The average Bonchev–Trinajstić information content (AvgIpc) is 2.62. The van der Waals surface area contributed by atoms with Crippen LogP contribution in [-0.2, 0) is 18.3 Å². The lowest BCUT2D eigenvalue weighted by Gasteiger charge is -1.97. The summed E-state index contributed by atoms with van der Waals surface area (Å²) < 4.78 is 1.72. The average molecular weight is 201 g/mol. The van der Waals surface area contributed by atoms with Crippen LogP contribution in [0.2, 0.25) is 0 Å². The zero-order valence-corrected chi connectivity index (χ0v) is 8.42. The summed E-state index contributed by atoms with van der Waals surface area (Å²) in [5, 5.41) is 4.33. The molecule has 0 bridgehead atoms. The van der Waals surface area contributed by atoms with Gasteiger partial charge in [-0.25, -0.2) is 0 Å². The fraction of sp³-hybridized carbons (Fsp3) is 0.182. The van der Waals surface area contributed by atoms with Crippen molar-refractivity contribution in [2.45, 2.75) is 6.42 Å². The highest BCUT2D eigenvalue weighted by Gasteiger charge is 2.08. The lowest BCUT2D eigenvalue weighted by atomic mass is 10.1. The van der Waals surface area contributed by atoms with Crippen molar-refractivity contribution in [3.05, 3.63) is 36.3 Å². The number of hydrogen-bond acceptors (Lipinski definition) is 3. The van der Waals surface area contributed by atoms with E-state index in [0.717, 1.165) is 23.1 Å². The first-order chi connectivity index (χ1) is 7.31. The number of nitrogens with zero attached hydrogens (tertiary/aromatic N) is 3. The summed E-state index contributed by atoms with van der Waals surface area (Å²) in [5.41, 5.74) is 2.79. The Bertz CT molecular complexity index is 462. The van der Waals surface area contributed by atoms with E-state index in [1.165, 1.54) is 0 Å². The van der Waals surface area contributed by atoms with Gasteiger partial charge >= 0.3 is 0 Å². The van der Waals surface area contributed by atoms with Gasteiger partial charge in [-0.05, 0) is 12.1 Å². The number of aromatic nitrogens is 3. The number of carbonyl (C=O) groups excluding carboxylic acids is 1. The molecule has 0 aliphatic rings. The fourth-order valence-corrected chi connectivity index (χ4v) is 1.53. The second kappa shape index (κ2) is 4.04. The number of pyridine rings is 1. The predicted octanol–water partition coefficient (Wildman–Crippen LogP) is 1.22. The Morgan fingerprint density at radius 1 is 1.40 bits per heavy atom. The zero-order chi connectivity index (χ0) is 10.7. The second-order valence-electron chi connectivity index (χ2n) is 3.28. The number of rotatable bonds is 3. The zero-order valence-electron chi connectivity index (χ0n) is 8.42. The summed E-state index contributed by atoms with van der Waals surface area (Å²) in [4.78, 5) is 14.5. The molecule has 0 unspecified atom stereocenters. The third-order valence-electron chi connectivity index (χ3n) is 2.16. The van der Waals surface area contributed by atoms with Crippen LogP contribution in [0, 0.1) is 0 Å². The molecule has 4 nitrogen and oxygen atoms in total. The van der Waals surface area contributed by atoms with E-state index < -0.39 is 0 Å². The molecule has 2 rings (SSSR count). The van der Waals surface area contributed by atoms with E-state index in [1.807, 2.05) is 25.4 Å². The van der Waals surface area contributed by atoms with Crippen LogP contribution in [-0.4, -0.2) is 21.1 Å². The molecule has 0 saturated heterocycles. The molecule has 0 aromatic carbocycles. The first-order valence-corrected chi connectivity index (χ1v) is 4.68. The lowest BCUT2D eigenvalue weighted by Crippen LogP contribution is -1.88. The van der Waals surface area contributed by atoms with Crippen LogP contribution in [0.5, 0.6) is 0 Å². The normalized spacial score (nSPS) is 10.2. The molecule has 15 heavy (non-hydrogen) atoms. The van der Waals surface area contributed by atoms with Crippen LogP contribution in [0.3, 0.4) is 0 Å². The van der Waals surface area contributed by atoms with Crippen LogP contribution >= 0.6 is 0 Å². The minimum absolute atomic E-state index is 0.394. The van der Waals surface area contributed by atoms with Crippen molar-refractivity contribution in [2.75, 3.05) is 0 Å². The van der Waals surface area contributed by atoms with Crippen LogP contribution in [0.25, 0.3) is 11.3 Å². The maximum absolute atomic E-state index is 10.5. The first kappa shape index (κ1) is 9.58. The summed E-state index contributed by atoms with van der Waals surface area (Å²) in [6.45, 7) is 0. The molecule has 4 heteroatoms. The summed E-state index contributed by atoms with van der Waals surface area (Å²) in [5.74, 6) is 0. The Morgan fingerprint density at radius 2 is 2.13 bits per heavy atom. The van der Waals surface area contributed by atoms with Crippen molar-refractivity contribution in [3.8, 4) is 11.3 Å². The molecule has 0 N–H and O–H groups in total. The third kappa shape index (κ3) is 1.93. The highest BCUT2D eigenvalue weighted by molar-refractivity contribution is 5.67. The Morgan fingerprint density at radius 3 is 2.80 bits per heavy atom. The summed E-state index contributed by atoms with van der Waals surface area (Å²) in [7, 11) is 1.85. The molecule has 0 spiro atoms. The van der Waals surface area contributed by atoms with Gasteiger partial charge in [-0.2, -0.15) is 5.10 Å². The molecule has 2 heterocycles. The number of hydrogen-bond donors (Lipinski definition) is 0. The Balaban J connectivity index is 2.47. The molecule has 0 aliphatic carbocycles. The highest BCUT2D eigenvalue weighted by atomic mass is 16.1. The molecule has 0 aliphatic heterocycles.